The zero-order valence-corrected chi connectivity index (χ0v) is 16.1. The number of hydrogen-bond acceptors (Lipinski definition) is 6. The highest BCUT2D eigenvalue weighted by Gasteiger charge is 2.15. The molecular weight excluding hydrogens is 346 g/mol. The summed E-state index contributed by atoms with van der Waals surface area (Å²) in [5, 5.41) is 18.8. The van der Waals surface area contributed by atoms with E-state index in [4.69, 9.17) is 4.74 Å². The molecule has 0 saturated heterocycles. The lowest BCUT2D eigenvalue weighted by Gasteiger charge is -2.10. The van der Waals surface area contributed by atoms with Crippen molar-refractivity contribution in [3.63, 3.8) is 0 Å². The van der Waals surface area contributed by atoms with Gasteiger partial charge in [-0.25, -0.2) is 4.68 Å². The van der Waals surface area contributed by atoms with Crippen molar-refractivity contribution < 1.29 is 9.53 Å². The van der Waals surface area contributed by atoms with Gasteiger partial charge in [-0.05, 0) is 56.3 Å². The Morgan fingerprint density at radius 1 is 1.30 bits per heavy atom. The Labute approximate surface area is 157 Å². The fourth-order valence-electron chi connectivity index (χ4n) is 2.72. The number of amides is 1. The van der Waals surface area contributed by atoms with E-state index in [0.29, 0.717) is 17.1 Å². The SMILES string of the molecule is Cc1nn(C)c(C)c1NC(=O)c1cccc(OCc2nnnn2C(C)C)c1. The Balaban J connectivity index is 1.71. The molecule has 3 rings (SSSR count). The highest BCUT2D eigenvalue weighted by Crippen LogP contribution is 2.21. The molecular formula is C18H23N7O2. The second-order valence-corrected chi connectivity index (χ2v) is 6.57. The van der Waals surface area contributed by atoms with Crippen LogP contribution in [0, 0.1) is 13.8 Å². The van der Waals surface area contributed by atoms with E-state index in [1.807, 2.05) is 34.7 Å². The largest absolute Gasteiger partial charge is 0.486 e. The van der Waals surface area contributed by atoms with Crippen molar-refractivity contribution in [1.82, 2.24) is 30.0 Å². The Kier molecular flexibility index (Phi) is 5.20. The quantitative estimate of drug-likeness (QED) is 0.716. The highest BCUT2D eigenvalue weighted by molar-refractivity contribution is 6.05. The second kappa shape index (κ2) is 7.56. The summed E-state index contributed by atoms with van der Waals surface area (Å²) in [6, 6.07) is 7.14. The molecule has 0 aliphatic carbocycles. The smallest absolute Gasteiger partial charge is 0.255 e. The molecule has 1 amide bonds. The lowest BCUT2D eigenvalue weighted by Crippen LogP contribution is -2.14. The lowest BCUT2D eigenvalue weighted by atomic mass is 10.2. The minimum Gasteiger partial charge on any atom is -0.486 e. The van der Waals surface area contributed by atoms with Crippen LogP contribution in [-0.2, 0) is 13.7 Å². The third-order valence-electron chi connectivity index (χ3n) is 4.26. The number of hydrogen-bond donors (Lipinski definition) is 1. The fourth-order valence-corrected chi connectivity index (χ4v) is 2.72. The first-order chi connectivity index (χ1) is 12.9. The number of rotatable bonds is 6. The zero-order chi connectivity index (χ0) is 19.6. The van der Waals surface area contributed by atoms with Gasteiger partial charge in [-0.1, -0.05) is 6.07 Å². The highest BCUT2D eigenvalue weighted by atomic mass is 16.5. The van der Waals surface area contributed by atoms with E-state index >= 15 is 0 Å². The average molecular weight is 369 g/mol. The molecule has 27 heavy (non-hydrogen) atoms. The molecule has 1 N–H and O–H groups in total. The summed E-state index contributed by atoms with van der Waals surface area (Å²) in [4.78, 5) is 12.6. The molecule has 2 aromatic heterocycles. The van der Waals surface area contributed by atoms with Crippen LogP contribution in [0.25, 0.3) is 0 Å². The first-order valence-corrected chi connectivity index (χ1v) is 8.68. The van der Waals surface area contributed by atoms with Gasteiger partial charge in [-0.2, -0.15) is 5.10 Å². The van der Waals surface area contributed by atoms with Crippen molar-refractivity contribution in [2.45, 2.75) is 40.3 Å². The minimum atomic E-state index is -0.216. The van der Waals surface area contributed by atoms with Crippen LogP contribution in [0.1, 0.15) is 47.5 Å². The Bertz CT molecular complexity index is 959. The second-order valence-electron chi connectivity index (χ2n) is 6.57. The number of aryl methyl sites for hydroxylation is 2. The Hall–Kier alpha value is -3.23. The monoisotopic (exact) mass is 369 g/mol. The first-order valence-electron chi connectivity index (χ1n) is 8.68. The van der Waals surface area contributed by atoms with E-state index in [1.54, 1.807) is 33.6 Å². The van der Waals surface area contributed by atoms with Crippen LogP contribution >= 0.6 is 0 Å². The van der Waals surface area contributed by atoms with Gasteiger partial charge in [0.25, 0.3) is 5.91 Å². The normalized spacial score (nSPS) is 11.0. The molecule has 0 saturated carbocycles. The van der Waals surface area contributed by atoms with E-state index in [-0.39, 0.29) is 18.6 Å². The van der Waals surface area contributed by atoms with Crippen LogP contribution in [0.2, 0.25) is 0 Å². The molecule has 0 atom stereocenters. The van der Waals surface area contributed by atoms with Crippen molar-refractivity contribution in [1.29, 1.82) is 0 Å². The standard InChI is InChI=1S/C18H23N7O2/c1-11(2)25-16(20-22-23-25)10-27-15-8-6-7-14(9-15)18(26)19-17-12(3)21-24(5)13(17)4/h6-9,11H,10H2,1-5H3,(H,19,26). The van der Waals surface area contributed by atoms with Gasteiger partial charge >= 0.3 is 0 Å². The van der Waals surface area contributed by atoms with Crippen LogP contribution < -0.4 is 10.1 Å². The summed E-state index contributed by atoms with van der Waals surface area (Å²) < 4.78 is 9.21. The van der Waals surface area contributed by atoms with Crippen LogP contribution in [-0.4, -0.2) is 35.9 Å². The number of nitrogens with zero attached hydrogens (tertiary/aromatic N) is 6. The lowest BCUT2D eigenvalue weighted by molar-refractivity contribution is 0.102. The van der Waals surface area contributed by atoms with Gasteiger partial charge in [0.1, 0.15) is 12.4 Å². The molecule has 3 aromatic rings. The molecule has 9 nitrogen and oxygen atoms in total. The van der Waals surface area contributed by atoms with Crippen molar-refractivity contribution in [3.05, 3.63) is 47.0 Å². The number of nitrogens with one attached hydrogen (secondary N) is 1. The van der Waals surface area contributed by atoms with E-state index < -0.39 is 0 Å². The van der Waals surface area contributed by atoms with Crippen molar-refractivity contribution in [2.24, 2.45) is 7.05 Å². The van der Waals surface area contributed by atoms with Crippen LogP contribution in [0.3, 0.4) is 0 Å². The third kappa shape index (κ3) is 3.97. The molecule has 0 fully saturated rings. The predicted molar refractivity (Wildman–Crippen MR) is 99.6 cm³/mol. The van der Waals surface area contributed by atoms with Crippen molar-refractivity contribution in [2.75, 3.05) is 5.32 Å². The summed E-state index contributed by atoms with van der Waals surface area (Å²) in [5.74, 6) is 0.980. The van der Waals surface area contributed by atoms with Gasteiger partial charge in [0, 0.05) is 12.6 Å². The molecule has 1 aromatic carbocycles. The van der Waals surface area contributed by atoms with E-state index in [9.17, 15) is 4.79 Å². The first kappa shape index (κ1) is 18.6. The number of aromatic nitrogens is 6. The maximum Gasteiger partial charge on any atom is 0.255 e. The van der Waals surface area contributed by atoms with E-state index in [1.165, 1.54) is 0 Å². The van der Waals surface area contributed by atoms with Crippen LogP contribution in [0.4, 0.5) is 5.69 Å². The van der Waals surface area contributed by atoms with E-state index in [2.05, 4.69) is 25.9 Å². The van der Waals surface area contributed by atoms with Gasteiger partial charge in [-0.15, -0.1) is 5.10 Å². The van der Waals surface area contributed by atoms with Crippen LogP contribution in [0.15, 0.2) is 24.3 Å². The maximum absolute atomic E-state index is 12.6. The van der Waals surface area contributed by atoms with Crippen LogP contribution in [0.5, 0.6) is 5.75 Å². The summed E-state index contributed by atoms with van der Waals surface area (Å²) in [6.45, 7) is 7.98. The average Bonchev–Trinajstić information content (AvgIpc) is 3.20. The molecule has 9 heteroatoms. The zero-order valence-electron chi connectivity index (χ0n) is 16.1. The van der Waals surface area contributed by atoms with Crippen molar-refractivity contribution in [3.8, 4) is 5.75 Å². The number of carbonyl (C=O) groups is 1. The summed E-state index contributed by atoms with van der Waals surface area (Å²) >= 11 is 0. The van der Waals surface area contributed by atoms with E-state index in [0.717, 1.165) is 17.1 Å². The van der Waals surface area contributed by atoms with Crippen molar-refractivity contribution >= 4 is 11.6 Å². The molecule has 0 unspecified atom stereocenters. The summed E-state index contributed by atoms with van der Waals surface area (Å²) in [5.41, 5.74) is 2.90. The van der Waals surface area contributed by atoms with Gasteiger partial charge in [0.05, 0.1) is 23.1 Å². The van der Waals surface area contributed by atoms with Gasteiger partial charge in [-0.3, -0.25) is 9.48 Å². The van der Waals surface area contributed by atoms with Gasteiger partial charge in [0.15, 0.2) is 5.82 Å². The number of tetrazole rings is 1. The Morgan fingerprint density at radius 3 is 2.74 bits per heavy atom. The molecule has 0 bridgehead atoms. The molecule has 142 valence electrons. The predicted octanol–water partition coefficient (Wildman–Crippen LogP) is 2.44. The topological polar surface area (TPSA) is 99.8 Å². The number of anilines is 1. The molecule has 0 aliphatic heterocycles. The minimum absolute atomic E-state index is 0.140. The Morgan fingerprint density at radius 2 is 2.07 bits per heavy atom. The fraction of sp³-hybridized carbons (Fsp3) is 0.389. The number of ether oxygens (including phenoxy) is 1. The van der Waals surface area contributed by atoms with Gasteiger partial charge in [0.2, 0.25) is 0 Å². The molecule has 0 aliphatic rings. The number of benzene rings is 1. The maximum atomic E-state index is 12.6. The summed E-state index contributed by atoms with van der Waals surface area (Å²) in [6.07, 6.45) is 0. The molecule has 0 radical (unpaired) electrons. The summed E-state index contributed by atoms with van der Waals surface area (Å²) in [7, 11) is 1.84. The molecule has 0 spiro atoms. The molecule has 2 heterocycles. The number of carbonyl (C=O) groups excluding carboxylic acids is 1. The van der Waals surface area contributed by atoms with Gasteiger partial charge < -0.3 is 10.1 Å². The third-order valence-corrected chi connectivity index (χ3v) is 4.26.